The molecular formula is C26H30O3. The van der Waals surface area contributed by atoms with Crippen LogP contribution >= 0.6 is 0 Å². The standard InChI is InChI=1S/C26H30O3/c27-24-7-5-19(9-18-3-1-17(2-4-18)6-8-25(28)29)13-23(24)26-14-20-10-21(15-26)12-22(11-20)16-26/h1-5,7,13,20-22,27H,6,8-12,14-16H2,(H,28,29). The summed E-state index contributed by atoms with van der Waals surface area (Å²) in [5, 5.41) is 19.6. The van der Waals surface area contributed by atoms with Crippen LogP contribution in [0.15, 0.2) is 42.5 Å². The van der Waals surface area contributed by atoms with Crippen molar-refractivity contribution in [3.63, 3.8) is 0 Å². The Morgan fingerprint density at radius 1 is 0.862 bits per heavy atom. The minimum absolute atomic E-state index is 0.172. The third kappa shape index (κ3) is 3.68. The van der Waals surface area contributed by atoms with Crippen molar-refractivity contribution in [3.05, 3.63) is 64.7 Å². The van der Waals surface area contributed by atoms with Crippen LogP contribution in [0.2, 0.25) is 0 Å². The van der Waals surface area contributed by atoms with E-state index in [2.05, 4.69) is 24.3 Å². The van der Waals surface area contributed by atoms with Gasteiger partial charge in [-0.05, 0) is 97.3 Å². The monoisotopic (exact) mass is 390 g/mol. The zero-order valence-electron chi connectivity index (χ0n) is 16.9. The van der Waals surface area contributed by atoms with E-state index >= 15 is 0 Å². The molecule has 2 aromatic carbocycles. The van der Waals surface area contributed by atoms with Gasteiger partial charge in [0.15, 0.2) is 0 Å². The van der Waals surface area contributed by atoms with Gasteiger partial charge in [-0.15, -0.1) is 0 Å². The quantitative estimate of drug-likeness (QED) is 0.688. The van der Waals surface area contributed by atoms with Crippen LogP contribution in [0, 0.1) is 17.8 Å². The number of benzene rings is 2. The molecule has 0 amide bonds. The van der Waals surface area contributed by atoms with Gasteiger partial charge in [-0.25, -0.2) is 0 Å². The highest BCUT2D eigenvalue weighted by Crippen LogP contribution is 2.61. The first-order chi connectivity index (χ1) is 14.0. The van der Waals surface area contributed by atoms with Crippen LogP contribution in [0.1, 0.15) is 67.2 Å². The molecule has 0 radical (unpaired) electrons. The number of aromatic hydroxyl groups is 1. The van der Waals surface area contributed by atoms with E-state index in [1.807, 2.05) is 18.2 Å². The Kier molecular flexibility index (Phi) is 4.64. The van der Waals surface area contributed by atoms with Crippen molar-refractivity contribution in [1.82, 2.24) is 0 Å². The molecule has 0 heterocycles. The number of hydrogen-bond acceptors (Lipinski definition) is 2. The molecule has 152 valence electrons. The third-order valence-corrected chi connectivity index (χ3v) is 7.73. The maximum absolute atomic E-state index is 10.8. The molecule has 2 aromatic rings. The summed E-state index contributed by atoms with van der Waals surface area (Å²) in [5.74, 6) is 2.32. The summed E-state index contributed by atoms with van der Waals surface area (Å²) in [7, 11) is 0. The SMILES string of the molecule is O=C(O)CCc1ccc(Cc2ccc(O)c(C34CC5CC(CC(C5)C3)C4)c2)cc1. The largest absolute Gasteiger partial charge is 0.508 e. The lowest BCUT2D eigenvalue weighted by atomic mass is 9.48. The van der Waals surface area contributed by atoms with Crippen LogP contribution in [-0.4, -0.2) is 16.2 Å². The van der Waals surface area contributed by atoms with E-state index in [-0.39, 0.29) is 11.8 Å². The second-order valence-electron chi connectivity index (χ2n) is 9.94. The van der Waals surface area contributed by atoms with E-state index in [1.54, 1.807) is 0 Å². The van der Waals surface area contributed by atoms with E-state index in [9.17, 15) is 9.90 Å². The Bertz CT molecular complexity index is 877. The van der Waals surface area contributed by atoms with E-state index in [0.717, 1.165) is 29.7 Å². The number of aryl methyl sites for hydroxylation is 1. The van der Waals surface area contributed by atoms with Gasteiger partial charge in [-0.3, -0.25) is 4.79 Å². The van der Waals surface area contributed by atoms with Crippen LogP contribution in [0.3, 0.4) is 0 Å². The van der Waals surface area contributed by atoms with Gasteiger partial charge in [-0.1, -0.05) is 36.4 Å². The molecule has 4 fully saturated rings. The Morgan fingerprint density at radius 3 is 2.00 bits per heavy atom. The maximum atomic E-state index is 10.8. The normalized spacial score (nSPS) is 29.9. The molecular weight excluding hydrogens is 360 g/mol. The topological polar surface area (TPSA) is 57.5 Å². The summed E-state index contributed by atoms with van der Waals surface area (Å²) in [6.07, 6.45) is 9.60. The number of aliphatic carboxylic acids is 1. The van der Waals surface area contributed by atoms with Crippen LogP contribution < -0.4 is 0 Å². The number of carboxylic acid groups (broad SMARTS) is 1. The van der Waals surface area contributed by atoms with E-state index < -0.39 is 5.97 Å². The van der Waals surface area contributed by atoms with Gasteiger partial charge < -0.3 is 10.2 Å². The summed E-state index contributed by atoms with van der Waals surface area (Å²) in [6.45, 7) is 0. The van der Waals surface area contributed by atoms with Crippen LogP contribution in [0.25, 0.3) is 0 Å². The van der Waals surface area contributed by atoms with E-state index in [1.165, 1.54) is 55.2 Å². The zero-order chi connectivity index (χ0) is 20.0. The van der Waals surface area contributed by atoms with Crippen molar-refractivity contribution in [2.24, 2.45) is 17.8 Å². The molecule has 0 atom stereocenters. The molecule has 0 unspecified atom stereocenters. The molecule has 4 aliphatic rings. The predicted molar refractivity (Wildman–Crippen MR) is 113 cm³/mol. The Hall–Kier alpha value is -2.29. The first-order valence-corrected chi connectivity index (χ1v) is 11.1. The molecule has 4 saturated carbocycles. The van der Waals surface area contributed by atoms with E-state index in [4.69, 9.17) is 5.11 Å². The average Bonchev–Trinajstić information content (AvgIpc) is 2.68. The number of carbonyl (C=O) groups is 1. The summed E-state index contributed by atoms with van der Waals surface area (Å²) in [5.41, 5.74) is 4.96. The number of rotatable bonds is 6. The lowest BCUT2D eigenvalue weighted by Gasteiger charge is -2.57. The van der Waals surface area contributed by atoms with Crippen molar-refractivity contribution in [2.75, 3.05) is 0 Å². The van der Waals surface area contributed by atoms with Gasteiger partial charge in [0.2, 0.25) is 0 Å². The second-order valence-corrected chi connectivity index (χ2v) is 9.94. The third-order valence-electron chi connectivity index (χ3n) is 7.73. The lowest BCUT2D eigenvalue weighted by molar-refractivity contribution is -0.136. The Morgan fingerprint density at radius 2 is 1.41 bits per heavy atom. The number of hydrogen-bond donors (Lipinski definition) is 2. The molecule has 0 saturated heterocycles. The molecule has 29 heavy (non-hydrogen) atoms. The van der Waals surface area contributed by atoms with Crippen molar-refractivity contribution in [1.29, 1.82) is 0 Å². The highest BCUT2D eigenvalue weighted by Gasteiger charge is 2.52. The van der Waals surface area contributed by atoms with E-state index in [0.29, 0.717) is 12.2 Å². The van der Waals surface area contributed by atoms with Gasteiger partial charge >= 0.3 is 5.97 Å². The first kappa shape index (κ1) is 18.7. The molecule has 0 aliphatic heterocycles. The predicted octanol–water partition coefficient (Wildman–Crippen LogP) is 5.47. The fraction of sp³-hybridized carbons (Fsp3) is 0.500. The fourth-order valence-electron chi connectivity index (χ4n) is 6.87. The molecule has 0 aromatic heterocycles. The lowest BCUT2D eigenvalue weighted by Crippen LogP contribution is -2.48. The van der Waals surface area contributed by atoms with Crippen LogP contribution in [-0.2, 0) is 23.1 Å². The summed E-state index contributed by atoms with van der Waals surface area (Å²) in [4.78, 5) is 10.7. The summed E-state index contributed by atoms with van der Waals surface area (Å²) < 4.78 is 0. The number of phenols is 1. The van der Waals surface area contributed by atoms with Crippen LogP contribution in [0.5, 0.6) is 5.75 Å². The van der Waals surface area contributed by atoms with Gasteiger partial charge in [0.25, 0.3) is 0 Å². The van der Waals surface area contributed by atoms with Crippen LogP contribution in [0.4, 0.5) is 0 Å². The first-order valence-electron chi connectivity index (χ1n) is 11.1. The fourth-order valence-corrected chi connectivity index (χ4v) is 6.87. The van der Waals surface area contributed by atoms with Gasteiger partial charge in [0, 0.05) is 12.0 Å². The minimum Gasteiger partial charge on any atom is -0.508 e. The van der Waals surface area contributed by atoms with Crippen molar-refractivity contribution < 1.29 is 15.0 Å². The maximum Gasteiger partial charge on any atom is 0.303 e. The van der Waals surface area contributed by atoms with Crippen molar-refractivity contribution in [3.8, 4) is 5.75 Å². The average molecular weight is 391 g/mol. The molecule has 3 nitrogen and oxygen atoms in total. The molecule has 3 heteroatoms. The molecule has 6 rings (SSSR count). The molecule has 4 aliphatic carbocycles. The summed E-state index contributed by atoms with van der Waals surface area (Å²) in [6, 6.07) is 14.5. The smallest absolute Gasteiger partial charge is 0.303 e. The van der Waals surface area contributed by atoms with Crippen molar-refractivity contribution in [2.45, 2.75) is 63.2 Å². The number of phenolic OH excluding ortho intramolecular Hbond substituents is 1. The highest BCUT2D eigenvalue weighted by molar-refractivity contribution is 5.67. The van der Waals surface area contributed by atoms with Gasteiger partial charge in [0.05, 0.1) is 0 Å². The molecule has 4 bridgehead atoms. The molecule has 2 N–H and O–H groups in total. The minimum atomic E-state index is -0.754. The Labute approximate surface area is 172 Å². The second kappa shape index (κ2) is 7.19. The number of carboxylic acids is 1. The van der Waals surface area contributed by atoms with Gasteiger partial charge in [0.1, 0.15) is 5.75 Å². The zero-order valence-corrected chi connectivity index (χ0v) is 16.9. The van der Waals surface area contributed by atoms with Crippen molar-refractivity contribution >= 4 is 5.97 Å². The van der Waals surface area contributed by atoms with Gasteiger partial charge in [-0.2, -0.15) is 0 Å². The summed E-state index contributed by atoms with van der Waals surface area (Å²) >= 11 is 0. The molecule has 0 spiro atoms. The Balaban J connectivity index is 1.36. The highest BCUT2D eigenvalue weighted by atomic mass is 16.4.